The summed E-state index contributed by atoms with van der Waals surface area (Å²) in [6.07, 6.45) is 5.29. The Bertz CT molecular complexity index is 487. The Hall–Kier alpha value is -1.40. The number of aryl methyl sites for hydroxylation is 1. The van der Waals surface area contributed by atoms with E-state index in [4.69, 9.17) is 5.11 Å². The van der Waals surface area contributed by atoms with Gasteiger partial charge in [0.2, 0.25) is 5.91 Å². The SMILES string of the molecule is Cn1cc(N2C[C@@]3(CCN(CCO)C3)CC2=O)cn1. The molecule has 1 atom stereocenters. The van der Waals surface area contributed by atoms with E-state index in [1.165, 1.54) is 0 Å². The van der Waals surface area contributed by atoms with Crippen LogP contribution in [0.1, 0.15) is 12.8 Å². The number of aromatic nitrogens is 2. The van der Waals surface area contributed by atoms with Crippen LogP contribution in [0.2, 0.25) is 0 Å². The summed E-state index contributed by atoms with van der Waals surface area (Å²) in [5.74, 6) is 0.193. The fourth-order valence-electron chi connectivity index (χ4n) is 3.31. The Kier molecular flexibility index (Phi) is 3.06. The van der Waals surface area contributed by atoms with Gasteiger partial charge in [0.05, 0.1) is 18.5 Å². The molecule has 1 N–H and O–H groups in total. The van der Waals surface area contributed by atoms with E-state index in [2.05, 4.69) is 10.00 Å². The summed E-state index contributed by atoms with van der Waals surface area (Å²) in [6.45, 7) is 3.57. The third kappa shape index (κ3) is 2.26. The quantitative estimate of drug-likeness (QED) is 0.824. The van der Waals surface area contributed by atoms with E-state index in [-0.39, 0.29) is 17.9 Å². The second kappa shape index (κ2) is 4.61. The molecule has 1 aromatic heterocycles. The number of aliphatic hydroxyl groups is 1. The molecule has 104 valence electrons. The molecule has 1 spiro atoms. The lowest BCUT2D eigenvalue weighted by Crippen LogP contribution is -2.32. The van der Waals surface area contributed by atoms with Gasteiger partial charge in [0.15, 0.2) is 0 Å². The van der Waals surface area contributed by atoms with Crippen molar-refractivity contribution in [3.05, 3.63) is 12.4 Å². The van der Waals surface area contributed by atoms with Crippen molar-refractivity contribution in [2.45, 2.75) is 12.8 Å². The lowest BCUT2D eigenvalue weighted by Gasteiger charge is -2.23. The van der Waals surface area contributed by atoms with Gasteiger partial charge in [-0.3, -0.25) is 9.48 Å². The molecule has 19 heavy (non-hydrogen) atoms. The number of nitrogens with zero attached hydrogens (tertiary/aromatic N) is 4. The number of aliphatic hydroxyl groups excluding tert-OH is 1. The van der Waals surface area contributed by atoms with Crippen molar-refractivity contribution in [3.63, 3.8) is 0 Å². The van der Waals surface area contributed by atoms with E-state index < -0.39 is 0 Å². The minimum atomic E-state index is 0.0715. The average molecular weight is 264 g/mol. The largest absolute Gasteiger partial charge is 0.395 e. The molecule has 0 aliphatic carbocycles. The normalized spacial score (nSPS) is 27.9. The van der Waals surface area contributed by atoms with Crippen molar-refractivity contribution < 1.29 is 9.90 Å². The maximum atomic E-state index is 12.2. The second-order valence-corrected chi connectivity index (χ2v) is 5.78. The monoisotopic (exact) mass is 264 g/mol. The van der Waals surface area contributed by atoms with E-state index in [0.717, 1.165) is 31.7 Å². The number of hydrogen-bond donors (Lipinski definition) is 1. The maximum absolute atomic E-state index is 12.2. The molecule has 0 bridgehead atoms. The van der Waals surface area contributed by atoms with Gasteiger partial charge in [-0.15, -0.1) is 0 Å². The third-order valence-electron chi connectivity index (χ3n) is 4.26. The number of likely N-dealkylation sites (tertiary alicyclic amines) is 1. The molecule has 2 aliphatic rings. The Morgan fingerprint density at radius 3 is 3.00 bits per heavy atom. The molecule has 1 aromatic rings. The molecule has 2 fully saturated rings. The highest BCUT2D eigenvalue weighted by Gasteiger charge is 2.47. The van der Waals surface area contributed by atoms with Crippen molar-refractivity contribution in [2.75, 3.05) is 37.7 Å². The first-order chi connectivity index (χ1) is 9.12. The summed E-state index contributed by atoms with van der Waals surface area (Å²) in [6, 6.07) is 0. The van der Waals surface area contributed by atoms with Crippen molar-refractivity contribution in [2.24, 2.45) is 12.5 Å². The summed E-state index contributed by atoms with van der Waals surface area (Å²) in [5, 5.41) is 13.1. The smallest absolute Gasteiger partial charge is 0.227 e. The summed E-state index contributed by atoms with van der Waals surface area (Å²) >= 11 is 0. The molecular formula is C13H20N4O2. The molecule has 0 saturated carbocycles. The Morgan fingerprint density at radius 1 is 1.47 bits per heavy atom. The zero-order valence-corrected chi connectivity index (χ0v) is 11.2. The summed E-state index contributed by atoms with van der Waals surface area (Å²) in [4.78, 5) is 16.3. The Balaban J connectivity index is 1.73. The van der Waals surface area contributed by atoms with Crippen molar-refractivity contribution in [1.29, 1.82) is 0 Å². The second-order valence-electron chi connectivity index (χ2n) is 5.78. The fourth-order valence-corrected chi connectivity index (χ4v) is 3.31. The summed E-state index contributed by atoms with van der Waals surface area (Å²) < 4.78 is 1.72. The molecule has 3 heterocycles. The number of carbonyl (C=O) groups excluding carboxylic acids is 1. The molecule has 0 aromatic carbocycles. The highest BCUT2D eigenvalue weighted by atomic mass is 16.3. The van der Waals surface area contributed by atoms with E-state index in [1.807, 2.05) is 18.1 Å². The first-order valence-corrected chi connectivity index (χ1v) is 6.74. The number of anilines is 1. The van der Waals surface area contributed by atoms with Crippen LogP contribution in [0.25, 0.3) is 0 Å². The van der Waals surface area contributed by atoms with Gasteiger partial charge < -0.3 is 14.9 Å². The van der Waals surface area contributed by atoms with E-state index in [1.54, 1.807) is 10.9 Å². The number of amides is 1. The minimum Gasteiger partial charge on any atom is -0.395 e. The van der Waals surface area contributed by atoms with Crippen LogP contribution in [0, 0.1) is 5.41 Å². The van der Waals surface area contributed by atoms with Crippen LogP contribution in [0.4, 0.5) is 5.69 Å². The molecule has 3 rings (SSSR count). The molecule has 2 aliphatic heterocycles. The topological polar surface area (TPSA) is 61.6 Å². The van der Waals surface area contributed by atoms with Crippen LogP contribution < -0.4 is 4.90 Å². The number of hydrogen-bond acceptors (Lipinski definition) is 4. The van der Waals surface area contributed by atoms with Gasteiger partial charge in [-0.05, 0) is 13.0 Å². The molecule has 2 saturated heterocycles. The van der Waals surface area contributed by atoms with E-state index in [9.17, 15) is 4.79 Å². The highest BCUT2D eigenvalue weighted by molar-refractivity contribution is 5.96. The first kappa shape index (κ1) is 12.6. The predicted molar refractivity (Wildman–Crippen MR) is 70.8 cm³/mol. The zero-order chi connectivity index (χ0) is 13.5. The fraction of sp³-hybridized carbons (Fsp3) is 0.692. The standard InChI is InChI=1S/C13H20N4O2/c1-15-8-11(7-14-15)17-10-13(6-12(17)19)2-3-16(9-13)4-5-18/h7-8,18H,2-6,9-10H2,1H3/t13-/m0/s1. The molecule has 0 unspecified atom stereocenters. The average Bonchev–Trinajstić information content (AvgIpc) is 3.02. The minimum absolute atomic E-state index is 0.0715. The molecule has 1 amide bonds. The van der Waals surface area contributed by atoms with Crippen molar-refractivity contribution in [1.82, 2.24) is 14.7 Å². The highest BCUT2D eigenvalue weighted by Crippen LogP contribution is 2.41. The van der Waals surface area contributed by atoms with Crippen LogP contribution in [-0.4, -0.2) is 58.5 Å². The van der Waals surface area contributed by atoms with E-state index in [0.29, 0.717) is 13.0 Å². The first-order valence-electron chi connectivity index (χ1n) is 6.74. The maximum Gasteiger partial charge on any atom is 0.227 e. The summed E-state index contributed by atoms with van der Waals surface area (Å²) in [5.41, 5.74) is 0.965. The van der Waals surface area contributed by atoms with Crippen LogP contribution in [0.3, 0.4) is 0 Å². The number of rotatable bonds is 3. The van der Waals surface area contributed by atoms with Crippen LogP contribution >= 0.6 is 0 Å². The van der Waals surface area contributed by atoms with Crippen molar-refractivity contribution >= 4 is 11.6 Å². The van der Waals surface area contributed by atoms with Gasteiger partial charge in [-0.1, -0.05) is 0 Å². The third-order valence-corrected chi connectivity index (χ3v) is 4.26. The van der Waals surface area contributed by atoms with Gasteiger partial charge in [0, 0.05) is 44.7 Å². The molecule has 6 heteroatoms. The predicted octanol–water partition coefficient (Wildman–Crippen LogP) is -0.159. The van der Waals surface area contributed by atoms with Crippen LogP contribution in [0.5, 0.6) is 0 Å². The van der Waals surface area contributed by atoms with Crippen LogP contribution in [-0.2, 0) is 11.8 Å². The van der Waals surface area contributed by atoms with Gasteiger partial charge in [0.25, 0.3) is 0 Å². The van der Waals surface area contributed by atoms with Crippen LogP contribution in [0.15, 0.2) is 12.4 Å². The zero-order valence-electron chi connectivity index (χ0n) is 11.2. The van der Waals surface area contributed by atoms with Gasteiger partial charge in [0.1, 0.15) is 0 Å². The van der Waals surface area contributed by atoms with Crippen molar-refractivity contribution in [3.8, 4) is 0 Å². The number of β-amino-alcohol motifs (C(OH)–C–C–N with tert-alkyl or cyclic N) is 1. The number of carbonyl (C=O) groups is 1. The Morgan fingerprint density at radius 2 is 2.32 bits per heavy atom. The van der Waals surface area contributed by atoms with Gasteiger partial charge >= 0.3 is 0 Å². The molecular weight excluding hydrogens is 244 g/mol. The lowest BCUT2D eigenvalue weighted by atomic mass is 9.86. The van der Waals surface area contributed by atoms with Gasteiger partial charge in [-0.2, -0.15) is 5.10 Å². The molecule has 6 nitrogen and oxygen atoms in total. The summed E-state index contributed by atoms with van der Waals surface area (Å²) in [7, 11) is 1.86. The van der Waals surface area contributed by atoms with E-state index >= 15 is 0 Å². The van der Waals surface area contributed by atoms with Gasteiger partial charge in [-0.25, -0.2) is 0 Å². The lowest BCUT2D eigenvalue weighted by molar-refractivity contribution is -0.117. The Labute approximate surface area is 112 Å². The molecule has 0 radical (unpaired) electrons.